The van der Waals surface area contributed by atoms with Crippen LogP contribution in [0.15, 0.2) is 47.6 Å². The first-order valence-corrected chi connectivity index (χ1v) is 8.65. The quantitative estimate of drug-likeness (QED) is 0.424. The smallest absolute Gasteiger partial charge is 0.259 e. The number of rotatable bonds is 9. The third-order valence-corrected chi connectivity index (χ3v) is 3.65. The molecule has 0 atom stereocenters. The zero-order chi connectivity index (χ0) is 21.2. The molecule has 3 amide bonds. The third-order valence-electron chi connectivity index (χ3n) is 3.65. The molecule has 0 aliphatic carbocycles. The Kier molecular flexibility index (Phi) is 7.72. The molecule has 0 aromatic heterocycles. The van der Waals surface area contributed by atoms with Gasteiger partial charge in [-0.25, -0.2) is 5.43 Å². The highest BCUT2D eigenvalue weighted by Crippen LogP contribution is 2.27. The van der Waals surface area contributed by atoms with E-state index in [-0.39, 0.29) is 19.1 Å². The van der Waals surface area contributed by atoms with Crippen molar-refractivity contribution in [3.8, 4) is 11.5 Å². The molecule has 9 nitrogen and oxygen atoms in total. The Labute approximate surface area is 167 Å². The van der Waals surface area contributed by atoms with Crippen molar-refractivity contribution in [1.29, 1.82) is 0 Å². The largest absolute Gasteiger partial charge is 0.493 e. The monoisotopic (exact) mass is 398 g/mol. The molecule has 0 spiro atoms. The minimum absolute atomic E-state index is 0.215. The SMILES string of the molecule is COc1cc(/C=N/NC(=O)CNC(=O)c2cccc(C)c2)ccc1OCC(N)=O. The minimum atomic E-state index is -0.602. The van der Waals surface area contributed by atoms with Gasteiger partial charge in [0, 0.05) is 5.56 Å². The molecule has 0 fully saturated rings. The van der Waals surface area contributed by atoms with Crippen LogP contribution in [-0.4, -0.2) is 44.2 Å². The van der Waals surface area contributed by atoms with Gasteiger partial charge in [-0.2, -0.15) is 5.10 Å². The molecule has 2 rings (SSSR count). The lowest BCUT2D eigenvalue weighted by Crippen LogP contribution is -2.34. The summed E-state index contributed by atoms with van der Waals surface area (Å²) in [4.78, 5) is 34.6. The predicted molar refractivity (Wildman–Crippen MR) is 107 cm³/mol. The van der Waals surface area contributed by atoms with E-state index in [0.29, 0.717) is 22.6 Å². The number of nitrogens with one attached hydrogen (secondary N) is 2. The van der Waals surface area contributed by atoms with Crippen LogP contribution in [0.1, 0.15) is 21.5 Å². The number of aryl methyl sites for hydroxylation is 1. The van der Waals surface area contributed by atoms with Gasteiger partial charge in [0.05, 0.1) is 19.9 Å². The summed E-state index contributed by atoms with van der Waals surface area (Å²) >= 11 is 0. The van der Waals surface area contributed by atoms with Crippen LogP contribution < -0.4 is 25.9 Å². The summed E-state index contributed by atoms with van der Waals surface area (Å²) in [7, 11) is 1.45. The van der Waals surface area contributed by atoms with Gasteiger partial charge in [0.2, 0.25) is 0 Å². The summed E-state index contributed by atoms with van der Waals surface area (Å²) in [5.74, 6) is -0.687. The zero-order valence-corrected chi connectivity index (χ0v) is 16.1. The van der Waals surface area contributed by atoms with E-state index < -0.39 is 11.8 Å². The highest BCUT2D eigenvalue weighted by molar-refractivity contribution is 5.96. The fourth-order valence-corrected chi connectivity index (χ4v) is 2.30. The zero-order valence-electron chi connectivity index (χ0n) is 16.1. The number of carbonyl (C=O) groups excluding carboxylic acids is 3. The molecule has 2 aromatic rings. The van der Waals surface area contributed by atoms with Gasteiger partial charge in [-0.3, -0.25) is 14.4 Å². The number of ether oxygens (including phenoxy) is 2. The van der Waals surface area contributed by atoms with Crippen molar-refractivity contribution in [2.75, 3.05) is 20.3 Å². The average Bonchev–Trinajstić information content (AvgIpc) is 2.70. The number of carbonyl (C=O) groups is 3. The lowest BCUT2D eigenvalue weighted by atomic mass is 10.1. The second kappa shape index (κ2) is 10.5. The molecule has 152 valence electrons. The van der Waals surface area contributed by atoms with Crippen LogP contribution in [0.4, 0.5) is 0 Å². The van der Waals surface area contributed by atoms with E-state index >= 15 is 0 Å². The van der Waals surface area contributed by atoms with E-state index in [1.807, 2.05) is 13.0 Å². The van der Waals surface area contributed by atoms with E-state index in [0.717, 1.165) is 5.56 Å². The fourth-order valence-electron chi connectivity index (χ4n) is 2.30. The molecule has 0 radical (unpaired) electrons. The van der Waals surface area contributed by atoms with Crippen molar-refractivity contribution in [2.24, 2.45) is 10.8 Å². The van der Waals surface area contributed by atoms with E-state index in [2.05, 4.69) is 15.8 Å². The molecule has 4 N–H and O–H groups in total. The fraction of sp³-hybridized carbons (Fsp3) is 0.200. The number of hydrogen-bond acceptors (Lipinski definition) is 6. The van der Waals surface area contributed by atoms with Gasteiger partial charge in [-0.05, 0) is 42.8 Å². The Hall–Kier alpha value is -3.88. The lowest BCUT2D eigenvalue weighted by Gasteiger charge is -2.09. The standard InChI is InChI=1S/C20H22N4O5/c1-13-4-3-5-15(8-13)20(27)22-11-19(26)24-23-10-14-6-7-16(17(9-14)28-2)29-12-18(21)25/h3-10H,11-12H2,1-2H3,(H2,21,25)(H,22,27)(H,24,26)/b23-10+. The Morgan fingerprint density at radius 1 is 1.14 bits per heavy atom. The highest BCUT2D eigenvalue weighted by Gasteiger charge is 2.08. The number of methoxy groups -OCH3 is 1. The topological polar surface area (TPSA) is 132 Å². The van der Waals surface area contributed by atoms with E-state index in [9.17, 15) is 14.4 Å². The third kappa shape index (κ3) is 6.98. The molecular formula is C20H22N4O5. The average molecular weight is 398 g/mol. The van der Waals surface area contributed by atoms with Crippen LogP contribution in [0.25, 0.3) is 0 Å². The Morgan fingerprint density at radius 3 is 2.62 bits per heavy atom. The summed E-state index contributed by atoms with van der Waals surface area (Å²) in [6.45, 7) is 1.39. The van der Waals surface area contributed by atoms with Crippen LogP contribution in [0.3, 0.4) is 0 Å². The summed E-state index contributed by atoms with van der Waals surface area (Å²) in [6.07, 6.45) is 1.40. The molecule has 0 unspecified atom stereocenters. The normalized spacial score (nSPS) is 10.4. The van der Waals surface area contributed by atoms with Gasteiger partial charge in [0.15, 0.2) is 18.1 Å². The Morgan fingerprint density at radius 2 is 1.93 bits per heavy atom. The first-order chi connectivity index (χ1) is 13.9. The van der Waals surface area contributed by atoms with Crippen molar-refractivity contribution >= 4 is 23.9 Å². The summed E-state index contributed by atoms with van der Waals surface area (Å²) in [5.41, 5.74) is 9.42. The number of hydrogen-bond donors (Lipinski definition) is 3. The molecule has 0 saturated carbocycles. The molecule has 0 saturated heterocycles. The van der Waals surface area contributed by atoms with Gasteiger partial charge in [-0.15, -0.1) is 0 Å². The maximum Gasteiger partial charge on any atom is 0.259 e. The number of nitrogens with zero attached hydrogens (tertiary/aromatic N) is 1. The van der Waals surface area contributed by atoms with E-state index in [1.165, 1.54) is 13.3 Å². The van der Waals surface area contributed by atoms with Gasteiger partial charge in [0.1, 0.15) is 0 Å². The van der Waals surface area contributed by atoms with Crippen molar-refractivity contribution in [3.63, 3.8) is 0 Å². The molecule has 2 aromatic carbocycles. The Bertz CT molecular complexity index is 927. The van der Waals surface area contributed by atoms with Crippen molar-refractivity contribution in [1.82, 2.24) is 10.7 Å². The lowest BCUT2D eigenvalue weighted by molar-refractivity contribution is -0.120. The van der Waals surface area contributed by atoms with Gasteiger partial charge in [-0.1, -0.05) is 17.7 Å². The molecule has 0 aliphatic rings. The van der Waals surface area contributed by atoms with Crippen LogP contribution in [0.5, 0.6) is 11.5 Å². The van der Waals surface area contributed by atoms with E-state index in [4.69, 9.17) is 15.2 Å². The summed E-state index contributed by atoms with van der Waals surface area (Å²) in [6, 6.07) is 11.9. The predicted octanol–water partition coefficient (Wildman–Crippen LogP) is 0.748. The first-order valence-electron chi connectivity index (χ1n) is 8.65. The van der Waals surface area contributed by atoms with Crippen LogP contribution in [-0.2, 0) is 9.59 Å². The number of amides is 3. The van der Waals surface area contributed by atoms with Gasteiger partial charge >= 0.3 is 0 Å². The van der Waals surface area contributed by atoms with Gasteiger partial charge in [0.25, 0.3) is 17.7 Å². The number of hydrazone groups is 1. The molecule has 0 aliphatic heterocycles. The molecule has 9 heteroatoms. The molecule has 29 heavy (non-hydrogen) atoms. The second-order valence-corrected chi connectivity index (χ2v) is 6.01. The number of primary amides is 1. The highest BCUT2D eigenvalue weighted by atomic mass is 16.5. The Balaban J connectivity index is 1.86. The van der Waals surface area contributed by atoms with Crippen LogP contribution in [0, 0.1) is 6.92 Å². The maximum atomic E-state index is 12.0. The number of benzene rings is 2. The maximum absolute atomic E-state index is 12.0. The minimum Gasteiger partial charge on any atom is -0.493 e. The number of nitrogens with two attached hydrogens (primary N) is 1. The van der Waals surface area contributed by atoms with Crippen molar-refractivity contribution in [2.45, 2.75) is 6.92 Å². The van der Waals surface area contributed by atoms with Crippen LogP contribution >= 0.6 is 0 Å². The van der Waals surface area contributed by atoms with Crippen molar-refractivity contribution < 1.29 is 23.9 Å². The van der Waals surface area contributed by atoms with Crippen molar-refractivity contribution in [3.05, 3.63) is 59.2 Å². The van der Waals surface area contributed by atoms with Gasteiger partial charge < -0.3 is 20.5 Å². The van der Waals surface area contributed by atoms with Crippen LogP contribution in [0.2, 0.25) is 0 Å². The molecule has 0 heterocycles. The summed E-state index contributed by atoms with van der Waals surface area (Å²) < 4.78 is 10.4. The second-order valence-electron chi connectivity index (χ2n) is 6.01. The van der Waals surface area contributed by atoms with E-state index in [1.54, 1.807) is 36.4 Å². The first kappa shape index (κ1) is 21.4. The molecule has 0 bridgehead atoms. The summed E-state index contributed by atoms with van der Waals surface area (Å²) in [5, 5.41) is 6.36. The molecular weight excluding hydrogens is 376 g/mol.